The van der Waals surface area contributed by atoms with Gasteiger partial charge in [0.25, 0.3) is 0 Å². The molecule has 0 fully saturated rings. The van der Waals surface area contributed by atoms with E-state index >= 15 is 0 Å². The molecule has 7 nitrogen and oxygen atoms in total. The van der Waals surface area contributed by atoms with Gasteiger partial charge in [-0.25, -0.2) is 14.4 Å². The van der Waals surface area contributed by atoms with Crippen LogP contribution in [0, 0.1) is 5.92 Å². The zero-order valence-electron chi connectivity index (χ0n) is 14.9. The summed E-state index contributed by atoms with van der Waals surface area (Å²) in [5.41, 5.74) is -0.900. The standard InChI is InChI=1S/C16H27ClO7/c1-6-8-9-12(7-2)13(18)23-24-16(4,5)10-11(3)21-14(19)15(20)22-17/h11-12H,6-10H2,1-5H3. The number of unbranched alkanes of at least 4 members (excludes halogenated alkanes) is 1. The van der Waals surface area contributed by atoms with Crippen molar-refractivity contribution in [1.29, 1.82) is 0 Å². The predicted molar refractivity (Wildman–Crippen MR) is 86.7 cm³/mol. The molecule has 0 radical (unpaired) electrons. The van der Waals surface area contributed by atoms with Crippen LogP contribution in [-0.2, 0) is 33.2 Å². The Morgan fingerprint density at radius 1 is 1.12 bits per heavy atom. The van der Waals surface area contributed by atoms with Crippen molar-refractivity contribution in [2.24, 2.45) is 5.92 Å². The summed E-state index contributed by atoms with van der Waals surface area (Å²) in [6.45, 7) is 8.90. The fourth-order valence-corrected chi connectivity index (χ4v) is 2.25. The molecular weight excluding hydrogens is 340 g/mol. The number of hydrogen-bond donors (Lipinski definition) is 0. The van der Waals surface area contributed by atoms with Crippen molar-refractivity contribution in [3.8, 4) is 0 Å². The Labute approximate surface area is 148 Å². The Kier molecular flexibility index (Phi) is 10.6. The van der Waals surface area contributed by atoms with Crippen LogP contribution in [0.3, 0.4) is 0 Å². The number of ether oxygens (including phenoxy) is 1. The first kappa shape index (κ1) is 22.7. The zero-order valence-corrected chi connectivity index (χ0v) is 15.7. The molecule has 140 valence electrons. The van der Waals surface area contributed by atoms with Crippen molar-refractivity contribution in [3.05, 3.63) is 0 Å². The van der Waals surface area contributed by atoms with Crippen LogP contribution in [0.15, 0.2) is 0 Å². The van der Waals surface area contributed by atoms with Gasteiger partial charge < -0.3 is 9.03 Å². The van der Waals surface area contributed by atoms with Crippen molar-refractivity contribution in [2.75, 3.05) is 0 Å². The Balaban J connectivity index is 4.39. The van der Waals surface area contributed by atoms with Gasteiger partial charge in [0.2, 0.25) is 0 Å². The summed E-state index contributed by atoms with van der Waals surface area (Å²) >= 11 is 4.79. The average molecular weight is 367 g/mol. The molecule has 0 saturated carbocycles. The lowest BCUT2D eigenvalue weighted by Crippen LogP contribution is -2.34. The molecule has 0 heterocycles. The molecule has 0 amide bonds. The van der Waals surface area contributed by atoms with Gasteiger partial charge in [-0.3, -0.25) is 4.89 Å². The van der Waals surface area contributed by atoms with Gasteiger partial charge in [0, 0.05) is 6.42 Å². The van der Waals surface area contributed by atoms with Gasteiger partial charge in [0.15, 0.2) is 0 Å². The van der Waals surface area contributed by atoms with E-state index in [2.05, 4.69) is 11.2 Å². The summed E-state index contributed by atoms with van der Waals surface area (Å²) in [4.78, 5) is 44.3. The van der Waals surface area contributed by atoms with E-state index in [9.17, 15) is 14.4 Å². The van der Waals surface area contributed by atoms with E-state index < -0.39 is 29.6 Å². The van der Waals surface area contributed by atoms with Gasteiger partial charge in [-0.1, -0.05) is 26.7 Å². The molecule has 0 aliphatic heterocycles. The minimum atomic E-state index is -1.30. The highest BCUT2D eigenvalue weighted by molar-refractivity contribution is 6.35. The number of carbonyl (C=O) groups excluding carboxylic acids is 3. The molecule has 0 saturated heterocycles. The maximum atomic E-state index is 12.0. The molecule has 0 bridgehead atoms. The molecule has 0 aliphatic rings. The van der Waals surface area contributed by atoms with E-state index in [-0.39, 0.29) is 12.3 Å². The third kappa shape index (κ3) is 9.08. The Morgan fingerprint density at radius 2 is 1.75 bits per heavy atom. The number of esters is 1. The van der Waals surface area contributed by atoms with Crippen LogP contribution in [-0.4, -0.2) is 29.6 Å². The van der Waals surface area contributed by atoms with Crippen LogP contribution in [0.25, 0.3) is 0 Å². The summed E-state index contributed by atoms with van der Waals surface area (Å²) in [6.07, 6.45) is 2.92. The number of rotatable bonds is 10. The molecule has 2 unspecified atom stereocenters. The summed E-state index contributed by atoms with van der Waals surface area (Å²) in [7, 11) is 0. The van der Waals surface area contributed by atoms with Crippen LogP contribution in [0.2, 0.25) is 0 Å². The van der Waals surface area contributed by atoms with Crippen molar-refractivity contribution in [3.63, 3.8) is 0 Å². The SMILES string of the molecule is CCCCC(CC)C(=O)OOC(C)(C)CC(C)OC(=O)C(=O)OCl. The largest absolute Gasteiger partial charge is 0.454 e. The Hall–Kier alpha value is -1.34. The minimum absolute atomic E-state index is 0.200. The molecule has 24 heavy (non-hydrogen) atoms. The topological polar surface area (TPSA) is 88.1 Å². The van der Waals surface area contributed by atoms with Gasteiger partial charge in [-0.15, -0.1) is 0 Å². The average Bonchev–Trinajstić information content (AvgIpc) is 2.52. The summed E-state index contributed by atoms with van der Waals surface area (Å²) in [5.74, 6) is -3.10. The first-order chi connectivity index (χ1) is 11.2. The van der Waals surface area contributed by atoms with Gasteiger partial charge in [-0.2, -0.15) is 4.89 Å². The summed E-state index contributed by atoms with van der Waals surface area (Å²) in [6, 6.07) is 0. The molecule has 0 N–H and O–H groups in total. The second-order valence-corrected chi connectivity index (χ2v) is 6.43. The fraction of sp³-hybridized carbons (Fsp3) is 0.812. The van der Waals surface area contributed by atoms with Crippen LogP contribution in [0.1, 0.15) is 66.7 Å². The highest BCUT2D eigenvalue weighted by atomic mass is 35.5. The molecule has 0 aromatic carbocycles. The number of halogens is 1. The normalized spacial score (nSPS) is 13.8. The van der Waals surface area contributed by atoms with Crippen LogP contribution in [0.4, 0.5) is 0 Å². The Morgan fingerprint density at radius 3 is 2.25 bits per heavy atom. The molecule has 8 heteroatoms. The first-order valence-corrected chi connectivity index (χ1v) is 8.40. The van der Waals surface area contributed by atoms with Crippen LogP contribution >= 0.6 is 11.9 Å². The van der Waals surface area contributed by atoms with Crippen LogP contribution < -0.4 is 0 Å². The molecule has 0 aromatic heterocycles. The highest BCUT2D eigenvalue weighted by Crippen LogP contribution is 2.21. The van der Waals surface area contributed by atoms with E-state index in [0.717, 1.165) is 19.3 Å². The third-order valence-electron chi connectivity index (χ3n) is 3.41. The van der Waals surface area contributed by atoms with Gasteiger partial charge in [-0.05, 0) is 33.6 Å². The van der Waals surface area contributed by atoms with Crippen LogP contribution in [0.5, 0.6) is 0 Å². The van der Waals surface area contributed by atoms with E-state index in [1.54, 1.807) is 20.8 Å². The molecule has 2 atom stereocenters. The monoisotopic (exact) mass is 366 g/mol. The van der Waals surface area contributed by atoms with Crippen molar-refractivity contribution in [2.45, 2.75) is 78.4 Å². The predicted octanol–water partition coefficient (Wildman–Crippen LogP) is 3.48. The van der Waals surface area contributed by atoms with Crippen molar-refractivity contribution >= 4 is 29.8 Å². The lowest BCUT2D eigenvalue weighted by molar-refractivity contribution is -0.331. The molecule has 0 spiro atoms. The highest BCUT2D eigenvalue weighted by Gasteiger charge is 2.30. The maximum Gasteiger partial charge on any atom is 0.435 e. The van der Waals surface area contributed by atoms with Gasteiger partial charge >= 0.3 is 17.9 Å². The summed E-state index contributed by atoms with van der Waals surface area (Å²) in [5, 5.41) is 0. The van der Waals surface area contributed by atoms with E-state index in [4.69, 9.17) is 26.4 Å². The molecule has 0 aliphatic carbocycles. The molecule has 0 rings (SSSR count). The van der Waals surface area contributed by atoms with Gasteiger partial charge in [0.05, 0.1) is 5.92 Å². The van der Waals surface area contributed by atoms with Gasteiger partial charge in [0.1, 0.15) is 23.6 Å². The molecular formula is C16H27ClO7. The van der Waals surface area contributed by atoms with E-state index in [1.165, 1.54) is 0 Å². The lowest BCUT2D eigenvalue weighted by atomic mass is 10.00. The second kappa shape index (κ2) is 11.3. The quantitative estimate of drug-likeness (QED) is 0.253. The van der Waals surface area contributed by atoms with E-state index in [0.29, 0.717) is 6.42 Å². The van der Waals surface area contributed by atoms with Crippen molar-refractivity contribution < 1.29 is 33.2 Å². The Bertz CT molecular complexity index is 423. The third-order valence-corrected chi connectivity index (χ3v) is 3.55. The van der Waals surface area contributed by atoms with Crippen molar-refractivity contribution in [1.82, 2.24) is 0 Å². The molecule has 0 aromatic rings. The smallest absolute Gasteiger partial charge is 0.435 e. The maximum absolute atomic E-state index is 12.0. The fourth-order valence-electron chi connectivity index (χ4n) is 2.19. The van der Waals surface area contributed by atoms with E-state index in [1.807, 2.05) is 6.92 Å². The minimum Gasteiger partial charge on any atom is -0.454 e. The first-order valence-electron chi connectivity index (χ1n) is 8.09. The number of carbonyl (C=O) groups is 3. The second-order valence-electron chi connectivity index (χ2n) is 6.28. The number of hydrogen-bond acceptors (Lipinski definition) is 7. The summed E-state index contributed by atoms with van der Waals surface area (Å²) < 4.78 is 8.60. The lowest BCUT2D eigenvalue weighted by Gasteiger charge is -2.26. The zero-order chi connectivity index (χ0) is 18.8.